The fraction of sp³-hybridized carbons (Fsp3) is 0.889. The first-order chi connectivity index (χ1) is 5.65. The number of carbonyl (C=O) groups is 1. The Kier molecular flexibility index (Phi) is 3.56. The summed E-state index contributed by atoms with van der Waals surface area (Å²) in [5, 5.41) is 0. The maximum atomic E-state index is 11.6. The van der Waals surface area contributed by atoms with E-state index in [0.717, 1.165) is 25.9 Å². The van der Waals surface area contributed by atoms with Crippen LogP contribution in [0.2, 0.25) is 0 Å². The van der Waals surface area contributed by atoms with Gasteiger partial charge in [0.05, 0.1) is 4.83 Å². The highest BCUT2D eigenvalue weighted by molar-refractivity contribution is 9.10. The molecule has 3 heteroatoms. The molecule has 0 aliphatic carbocycles. The largest absolute Gasteiger partial charge is 0.341 e. The third-order valence-corrected chi connectivity index (χ3v) is 3.40. The number of halogens is 1. The van der Waals surface area contributed by atoms with Gasteiger partial charge in [-0.15, -0.1) is 0 Å². The Hall–Kier alpha value is -0.0500. The van der Waals surface area contributed by atoms with Crippen molar-refractivity contribution in [3.63, 3.8) is 0 Å². The van der Waals surface area contributed by atoms with Crippen LogP contribution in [0.1, 0.15) is 26.7 Å². The summed E-state index contributed by atoms with van der Waals surface area (Å²) in [7, 11) is 0. The molecule has 1 fully saturated rings. The van der Waals surface area contributed by atoms with Gasteiger partial charge in [-0.2, -0.15) is 0 Å². The van der Waals surface area contributed by atoms with E-state index in [4.69, 9.17) is 0 Å². The highest BCUT2D eigenvalue weighted by Gasteiger charge is 2.26. The van der Waals surface area contributed by atoms with Crippen molar-refractivity contribution in [1.29, 1.82) is 0 Å². The zero-order valence-electron chi connectivity index (χ0n) is 7.72. The van der Waals surface area contributed by atoms with Gasteiger partial charge < -0.3 is 4.90 Å². The van der Waals surface area contributed by atoms with Crippen LogP contribution in [-0.2, 0) is 4.79 Å². The molecular formula is C9H16BrNO. The number of hydrogen-bond acceptors (Lipinski definition) is 1. The predicted molar refractivity (Wildman–Crippen MR) is 53.4 cm³/mol. The number of carbonyl (C=O) groups excluding carboxylic acids is 1. The van der Waals surface area contributed by atoms with Gasteiger partial charge in [0.15, 0.2) is 0 Å². The molecule has 2 nitrogen and oxygen atoms in total. The topological polar surface area (TPSA) is 20.3 Å². The van der Waals surface area contributed by atoms with Crippen LogP contribution in [0.4, 0.5) is 0 Å². The van der Waals surface area contributed by atoms with E-state index >= 15 is 0 Å². The fourth-order valence-electron chi connectivity index (χ4n) is 1.51. The predicted octanol–water partition coefficient (Wildman–Crippen LogP) is 2.03. The molecular weight excluding hydrogens is 218 g/mol. The number of rotatable bonds is 2. The standard InChI is InChI=1S/C9H16BrNO/c1-3-8(10)9(12)11-5-4-7(2)6-11/h7-8H,3-6H2,1-2H3. The van der Waals surface area contributed by atoms with E-state index in [0.29, 0.717) is 5.92 Å². The molecule has 0 aromatic rings. The summed E-state index contributed by atoms with van der Waals surface area (Å²) >= 11 is 3.38. The molecule has 1 amide bonds. The maximum Gasteiger partial charge on any atom is 0.236 e. The molecule has 12 heavy (non-hydrogen) atoms. The minimum atomic E-state index is 0.0304. The third kappa shape index (κ3) is 2.22. The summed E-state index contributed by atoms with van der Waals surface area (Å²) < 4.78 is 0. The number of likely N-dealkylation sites (tertiary alicyclic amines) is 1. The molecule has 0 aromatic heterocycles. The minimum absolute atomic E-state index is 0.0304. The molecule has 1 rings (SSSR count). The Morgan fingerprint density at radius 1 is 1.75 bits per heavy atom. The lowest BCUT2D eigenvalue weighted by atomic mass is 10.2. The normalized spacial score (nSPS) is 25.9. The van der Waals surface area contributed by atoms with Crippen LogP contribution < -0.4 is 0 Å². The van der Waals surface area contributed by atoms with Crippen LogP contribution in [0, 0.1) is 5.92 Å². The van der Waals surface area contributed by atoms with Crippen molar-refractivity contribution in [2.45, 2.75) is 31.5 Å². The zero-order valence-corrected chi connectivity index (χ0v) is 9.30. The van der Waals surface area contributed by atoms with Crippen molar-refractivity contribution in [3.8, 4) is 0 Å². The van der Waals surface area contributed by atoms with Crippen molar-refractivity contribution in [2.75, 3.05) is 13.1 Å². The molecule has 0 radical (unpaired) electrons. The average molecular weight is 234 g/mol. The Morgan fingerprint density at radius 2 is 2.42 bits per heavy atom. The quantitative estimate of drug-likeness (QED) is 0.669. The second kappa shape index (κ2) is 4.26. The van der Waals surface area contributed by atoms with Crippen LogP contribution in [0.3, 0.4) is 0 Å². The van der Waals surface area contributed by atoms with E-state index in [1.54, 1.807) is 0 Å². The Bertz CT molecular complexity index is 172. The minimum Gasteiger partial charge on any atom is -0.341 e. The highest BCUT2D eigenvalue weighted by atomic mass is 79.9. The van der Waals surface area contributed by atoms with Crippen LogP contribution in [-0.4, -0.2) is 28.7 Å². The van der Waals surface area contributed by atoms with E-state index in [9.17, 15) is 4.79 Å². The molecule has 1 saturated heterocycles. The van der Waals surface area contributed by atoms with Crippen molar-refractivity contribution in [2.24, 2.45) is 5.92 Å². The van der Waals surface area contributed by atoms with Gasteiger partial charge in [0.1, 0.15) is 0 Å². The summed E-state index contributed by atoms with van der Waals surface area (Å²) in [5.74, 6) is 0.951. The Morgan fingerprint density at radius 3 is 2.83 bits per heavy atom. The fourth-order valence-corrected chi connectivity index (χ4v) is 1.80. The van der Waals surface area contributed by atoms with Gasteiger partial charge in [-0.3, -0.25) is 4.79 Å². The summed E-state index contributed by atoms with van der Waals surface area (Å²) in [6, 6.07) is 0. The van der Waals surface area contributed by atoms with Crippen molar-refractivity contribution >= 4 is 21.8 Å². The molecule has 0 saturated carbocycles. The second-order valence-electron chi connectivity index (χ2n) is 3.55. The van der Waals surface area contributed by atoms with E-state index in [1.165, 1.54) is 0 Å². The number of nitrogens with zero attached hydrogens (tertiary/aromatic N) is 1. The lowest BCUT2D eigenvalue weighted by Gasteiger charge is -2.18. The van der Waals surface area contributed by atoms with Gasteiger partial charge in [-0.1, -0.05) is 29.8 Å². The first-order valence-corrected chi connectivity index (χ1v) is 5.49. The van der Waals surface area contributed by atoms with Gasteiger partial charge >= 0.3 is 0 Å². The Labute approximate surface area is 82.4 Å². The molecule has 1 aliphatic rings. The van der Waals surface area contributed by atoms with Crippen molar-refractivity contribution in [3.05, 3.63) is 0 Å². The van der Waals surface area contributed by atoms with Crippen LogP contribution in [0.25, 0.3) is 0 Å². The summed E-state index contributed by atoms with van der Waals surface area (Å²) in [6.45, 7) is 6.11. The average Bonchev–Trinajstić information content (AvgIpc) is 2.49. The lowest BCUT2D eigenvalue weighted by molar-refractivity contribution is -0.129. The summed E-state index contributed by atoms with van der Waals surface area (Å²) in [5.41, 5.74) is 0. The van der Waals surface area contributed by atoms with E-state index in [2.05, 4.69) is 22.9 Å². The maximum absolute atomic E-state index is 11.6. The van der Waals surface area contributed by atoms with Gasteiger partial charge in [0.2, 0.25) is 5.91 Å². The van der Waals surface area contributed by atoms with E-state index < -0.39 is 0 Å². The lowest BCUT2D eigenvalue weighted by Crippen LogP contribution is -2.34. The van der Waals surface area contributed by atoms with E-state index in [-0.39, 0.29) is 10.7 Å². The smallest absolute Gasteiger partial charge is 0.236 e. The first kappa shape index (κ1) is 10.0. The van der Waals surface area contributed by atoms with Gasteiger partial charge in [0, 0.05) is 13.1 Å². The van der Waals surface area contributed by atoms with E-state index in [1.807, 2.05) is 11.8 Å². The van der Waals surface area contributed by atoms with Gasteiger partial charge in [-0.05, 0) is 18.8 Å². The molecule has 0 aromatic carbocycles. The molecule has 70 valence electrons. The molecule has 0 spiro atoms. The van der Waals surface area contributed by atoms with Crippen LogP contribution in [0.15, 0.2) is 0 Å². The molecule has 2 unspecified atom stereocenters. The number of alkyl halides is 1. The van der Waals surface area contributed by atoms with Crippen LogP contribution >= 0.6 is 15.9 Å². The first-order valence-electron chi connectivity index (χ1n) is 4.58. The second-order valence-corrected chi connectivity index (χ2v) is 4.66. The molecule has 0 N–H and O–H groups in total. The zero-order chi connectivity index (χ0) is 9.14. The Balaban J connectivity index is 2.43. The molecule has 2 atom stereocenters. The molecule has 0 bridgehead atoms. The highest BCUT2D eigenvalue weighted by Crippen LogP contribution is 2.18. The summed E-state index contributed by atoms with van der Waals surface area (Å²) in [6.07, 6.45) is 2.04. The van der Waals surface area contributed by atoms with Crippen molar-refractivity contribution in [1.82, 2.24) is 4.90 Å². The molecule has 1 heterocycles. The van der Waals surface area contributed by atoms with Gasteiger partial charge in [-0.25, -0.2) is 0 Å². The van der Waals surface area contributed by atoms with Gasteiger partial charge in [0.25, 0.3) is 0 Å². The summed E-state index contributed by atoms with van der Waals surface area (Å²) in [4.78, 5) is 13.6. The molecule has 1 aliphatic heterocycles. The number of hydrogen-bond donors (Lipinski definition) is 0. The number of amides is 1. The SMILES string of the molecule is CCC(Br)C(=O)N1CCC(C)C1. The van der Waals surface area contributed by atoms with Crippen LogP contribution in [0.5, 0.6) is 0 Å². The third-order valence-electron chi connectivity index (χ3n) is 2.36. The van der Waals surface area contributed by atoms with Crippen molar-refractivity contribution < 1.29 is 4.79 Å². The monoisotopic (exact) mass is 233 g/mol.